The maximum Gasteiger partial charge on any atom is 0.270 e. The first-order valence-corrected chi connectivity index (χ1v) is 11.6. The van der Waals surface area contributed by atoms with Crippen molar-refractivity contribution < 1.29 is 19.1 Å². The number of rotatable bonds is 11. The van der Waals surface area contributed by atoms with Crippen molar-refractivity contribution in [1.82, 2.24) is 20.5 Å². The van der Waals surface area contributed by atoms with Crippen LogP contribution >= 0.6 is 11.6 Å². The summed E-state index contributed by atoms with van der Waals surface area (Å²) in [5, 5.41) is 13.9. The average Bonchev–Trinajstić information content (AvgIpc) is 3.69. The minimum Gasteiger partial charge on any atom is -0.496 e. The lowest BCUT2D eigenvalue weighted by atomic mass is 9.94. The predicted octanol–water partition coefficient (Wildman–Crippen LogP) is 2.06. The fourth-order valence-corrected chi connectivity index (χ4v) is 4.54. The van der Waals surface area contributed by atoms with Gasteiger partial charge in [0.25, 0.3) is 11.8 Å². The van der Waals surface area contributed by atoms with Crippen LogP contribution in [0, 0.1) is 23.2 Å². The van der Waals surface area contributed by atoms with Gasteiger partial charge in [0.2, 0.25) is 5.91 Å². The fourth-order valence-electron chi connectivity index (χ4n) is 4.18. The van der Waals surface area contributed by atoms with E-state index in [-0.39, 0.29) is 48.5 Å². The molecule has 0 saturated heterocycles. The van der Waals surface area contributed by atoms with Crippen molar-refractivity contribution in [3.63, 3.8) is 0 Å². The summed E-state index contributed by atoms with van der Waals surface area (Å²) in [4.78, 5) is 42.7. The molecule has 10 heteroatoms. The highest BCUT2D eigenvalue weighted by molar-refractivity contribution is 6.33. The molecule has 1 aromatic heterocycles. The van der Waals surface area contributed by atoms with Crippen LogP contribution < -0.4 is 10.6 Å². The Kier molecular flexibility index (Phi) is 6.69. The maximum absolute atomic E-state index is 13.2. The van der Waals surface area contributed by atoms with Gasteiger partial charge in [-0.25, -0.2) is 0 Å². The fraction of sp³-hybridized carbons (Fsp3) is 0.522. The molecular formula is C23H28ClN5O4. The Morgan fingerprint density at radius 3 is 2.76 bits per heavy atom. The van der Waals surface area contributed by atoms with Gasteiger partial charge >= 0.3 is 0 Å². The quantitative estimate of drug-likeness (QED) is 0.335. The largest absolute Gasteiger partial charge is 0.496 e. The zero-order valence-corrected chi connectivity index (χ0v) is 19.4. The number of amides is 3. The lowest BCUT2D eigenvalue weighted by Gasteiger charge is -2.30. The van der Waals surface area contributed by atoms with E-state index in [2.05, 4.69) is 15.6 Å². The van der Waals surface area contributed by atoms with Crippen LogP contribution in [0.3, 0.4) is 0 Å². The summed E-state index contributed by atoms with van der Waals surface area (Å²) in [6.45, 7) is 4.73. The van der Waals surface area contributed by atoms with E-state index in [0.717, 1.165) is 5.76 Å². The number of pyridine rings is 1. The predicted molar refractivity (Wildman–Crippen MR) is 122 cm³/mol. The summed E-state index contributed by atoms with van der Waals surface area (Å²) in [7, 11) is 0. The number of fused-ring (bicyclic) bond motifs is 1. The van der Waals surface area contributed by atoms with Crippen LogP contribution in [0.25, 0.3) is 0 Å². The van der Waals surface area contributed by atoms with Gasteiger partial charge in [-0.1, -0.05) is 11.6 Å². The van der Waals surface area contributed by atoms with Gasteiger partial charge in [-0.15, -0.1) is 0 Å². The second-order valence-corrected chi connectivity index (χ2v) is 9.19. The zero-order valence-electron chi connectivity index (χ0n) is 18.7. The number of nitrogens with one attached hydrogen (secondary N) is 3. The van der Waals surface area contributed by atoms with Gasteiger partial charge in [-0.05, 0) is 31.7 Å². The smallest absolute Gasteiger partial charge is 0.270 e. The van der Waals surface area contributed by atoms with Crippen LogP contribution in [-0.4, -0.2) is 59.6 Å². The third-order valence-electron chi connectivity index (χ3n) is 6.38. The van der Waals surface area contributed by atoms with E-state index >= 15 is 0 Å². The Morgan fingerprint density at radius 2 is 2.09 bits per heavy atom. The number of carbonyl (C=O) groups is 3. The van der Waals surface area contributed by atoms with Crippen molar-refractivity contribution in [3.05, 3.63) is 39.9 Å². The van der Waals surface area contributed by atoms with Crippen molar-refractivity contribution in [2.75, 3.05) is 19.7 Å². The third-order valence-corrected chi connectivity index (χ3v) is 6.80. The van der Waals surface area contributed by atoms with E-state index in [0.29, 0.717) is 35.2 Å². The van der Waals surface area contributed by atoms with Crippen LogP contribution in [-0.2, 0) is 16.1 Å². The van der Waals surface area contributed by atoms with Gasteiger partial charge in [0.05, 0.1) is 17.6 Å². The molecule has 0 radical (unpaired) electrons. The molecule has 9 nitrogen and oxygen atoms in total. The van der Waals surface area contributed by atoms with Crippen LogP contribution in [0.4, 0.5) is 0 Å². The van der Waals surface area contributed by atoms with Gasteiger partial charge in [0.15, 0.2) is 0 Å². The second-order valence-electron chi connectivity index (χ2n) is 8.79. The molecule has 3 N–H and O–H groups in total. The van der Waals surface area contributed by atoms with Crippen molar-refractivity contribution in [1.29, 1.82) is 5.41 Å². The molecule has 1 fully saturated rings. The van der Waals surface area contributed by atoms with Gasteiger partial charge in [-0.2, -0.15) is 0 Å². The molecule has 3 aliphatic rings. The molecule has 1 aromatic rings. The number of carbonyl (C=O) groups excluding carboxylic acids is 3. The summed E-state index contributed by atoms with van der Waals surface area (Å²) in [6, 6.07) is 1.29. The van der Waals surface area contributed by atoms with Gasteiger partial charge in [0, 0.05) is 62.1 Å². The molecule has 3 unspecified atom stereocenters. The van der Waals surface area contributed by atoms with Crippen molar-refractivity contribution >= 4 is 35.5 Å². The Hall–Kier alpha value is -2.94. The number of allylic oxidation sites excluding steroid dienone is 2. The standard InChI is InChI=1S/C23H28ClN5O4/c1-12(16(9-25)18-19(24)21(18)33-11-14-3-4-14)29-10-17-15(23(29)32)5-6-27-20(17)22(31)28-8-7-26-13(2)30/h5-6,9,12,14,16,18,25H,3-4,7-8,10-11H2,1-2H3,(H,26,30)(H,28,31). The molecule has 0 bridgehead atoms. The van der Waals surface area contributed by atoms with E-state index < -0.39 is 5.91 Å². The Balaban J connectivity index is 1.42. The van der Waals surface area contributed by atoms with Crippen LogP contribution in [0.5, 0.6) is 0 Å². The number of nitrogens with zero attached hydrogens (tertiary/aromatic N) is 2. The summed E-state index contributed by atoms with van der Waals surface area (Å²) in [5.74, 6) is 0.0716. The van der Waals surface area contributed by atoms with Crippen molar-refractivity contribution in [2.24, 2.45) is 17.8 Å². The summed E-state index contributed by atoms with van der Waals surface area (Å²) in [6.07, 6.45) is 5.13. The van der Waals surface area contributed by atoms with Gasteiger partial charge in [-0.3, -0.25) is 19.4 Å². The number of hydrogen-bond donors (Lipinski definition) is 3. The van der Waals surface area contributed by atoms with E-state index in [1.807, 2.05) is 6.92 Å². The first kappa shape index (κ1) is 23.2. The van der Waals surface area contributed by atoms with Crippen molar-refractivity contribution in [3.8, 4) is 0 Å². The number of ether oxygens (including phenoxy) is 1. The van der Waals surface area contributed by atoms with Gasteiger partial charge in [0.1, 0.15) is 11.5 Å². The molecule has 4 rings (SSSR count). The van der Waals surface area contributed by atoms with Gasteiger partial charge < -0.3 is 25.7 Å². The first-order valence-electron chi connectivity index (χ1n) is 11.2. The molecule has 2 aliphatic carbocycles. The maximum atomic E-state index is 13.2. The third kappa shape index (κ3) is 4.88. The molecule has 1 aliphatic heterocycles. The topological polar surface area (TPSA) is 124 Å². The Morgan fingerprint density at radius 1 is 1.36 bits per heavy atom. The summed E-state index contributed by atoms with van der Waals surface area (Å²) >= 11 is 6.38. The highest BCUT2D eigenvalue weighted by Crippen LogP contribution is 2.50. The summed E-state index contributed by atoms with van der Waals surface area (Å²) < 4.78 is 5.85. The molecule has 0 spiro atoms. The van der Waals surface area contributed by atoms with E-state index in [1.54, 1.807) is 11.0 Å². The minimum absolute atomic E-state index is 0.176. The minimum atomic E-state index is -0.397. The molecule has 1 saturated carbocycles. The monoisotopic (exact) mass is 473 g/mol. The summed E-state index contributed by atoms with van der Waals surface area (Å²) in [5.41, 5.74) is 1.20. The highest BCUT2D eigenvalue weighted by atomic mass is 35.5. The van der Waals surface area contributed by atoms with E-state index in [1.165, 1.54) is 32.2 Å². The van der Waals surface area contributed by atoms with Crippen LogP contribution in [0.2, 0.25) is 0 Å². The normalized spacial score (nSPS) is 20.8. The molecule has 3 amide bonds. The Labute approximate surface area is 197 Å². The highest BCUT2D eigenvalue weighted by Gasteiger charge is 2.48. The average molecular weight is 474 g/mol. The Bertz CT molecular complexity index is 1020. The number of hydrogen-bond acceptors (Lipinski definition) is 6. The van der Waals surface area contributed by atoms with Crippen LogP contribution in [0.1, 0.15) is 53.1 Å². The van der Waals surface area contributed by atoms with Crippen molar-refractivity contribution in [2.45, 2.75) is 39.3 Å². The SMILES string of the molecule is CC(=O)NCCNC(=O)c1nccc2c1CN(C(C)C(C=N)C1C(Cl)=C1OCC1CC1)C2=O. The molecular weight excluding hydrogens is 446 g/mol. The molecule has 0 aromatic carbocycles. The first-order chi connectivity index (χ1) is 15.8. The lowest BCUT2D eigenvalue weighted by molar-refractivity contribution is -0.118. The lowest BCUT2D eigenvalue weighted by Crippen LogP contribution is -2.41. The number of aromatic nitrogens is 1. The zero-order chi connectivity index (χ0) is 23.7. The van der Waals surface area contributed by atoms with E-state index in [9.17, 15) is 14.4 Å². The molecule has 33 heavy (non-hydrogen) atoms. The molecule has 176 valence electrons. The van der Waals surface area contributed by atoms with Crippen LogP contribution in [0.15, 0.2) is 23.1 Å². The molecule has 3 atom stereocenters. The molecule has 2 heterocycles. The van der Waals surface area contributed by atoms with E-state index in [4.69, 9.17) is 21.7 Å². The second kappa shape index (κ2) is 9.51. The number of halogens is 1.